The molecule has 4 heterocycles. The molecule has 2 fully saturated rings. The van der Waals surface area contributed by atoms with Gasteiger partial charge in [0.25, 0.3) is 0 Å². The molecule has 3 aromatic rings. The highest BCUT2D eigenvalue weighted by molar-refractivity contribution is 8.01. The van der Waals surface area contributed by atoms with E-state index in [2.05, 4.69) is 10.2 Å². The molecule has 0 spiro atoms. The number of carboxylic acid groups (broad SMARTS) is 1. The molecule has 1 aromatic carbocycles. The normalized spacial score (nSPS) is 22.6. The first-order chi connectivity index (χ1) is 19.2. The third-order valence-corrected chi connectivity index (χ3v) is 10.6. The number of carbonyl (C=O) groups excluding carboxylic acids is 3. The first-order valence-electron chi connectivity index (χ1n) is 12.3. The number of anilines is 1. The minimum atomic E-state index is -1.42. The van der Waals surface area contributed by atoms with E-state index >= 15 is 0 Å². The Morgan fingerprint density at radius 2 is 2.05 bits per heavy atom. The van der Waals surface area contributed by atoms with Crippen LogP contribution >= 0.6 is 34.9 Å². The Balaban J connectivity index is 1.31. The molecule has 3 N–H and O–H groups in total. The van der Waals surface area contributed by atoms with Crippen LogP contribution in [0.3, 0.4) is 0 Å². The summed E-state index contributed by atoms with van der Waals surface area (Å²) in [5.41, 5.74) is 5.45. The Morgan fingerprint density at radius 3 is 2.70 bits per heavy atom. The number of thioether (sulfide) groups is 2. The van der Waals surface area contributed by atoms with Crippen LogP contribution in [0.1, 0.15) is 12.5 Å². The third kappa shape index (κ3) is 5.21. The molecule has 0 aliphatic carbocycles. The lowest BCUT2D eigenvalue weighted by Crippen LogP contribution is -2.75. The number of aromatic nitrogens is 3. The van der Waals surface area contributed by atoms with E-state index in [-0.39, 0.29) is 47.6 Å². The van der Waals surface area contributed by atoms with Crippen LogP contribution in [0.2, 0.25) is 0 Å². The van der Waals surface area contributed by atoms with Gasteiger partial charge in [0.2, 0.25) is 17.0 Å². The molecule has 40 heavy (non-hydrogen) atoms. The number of amides is 2. The van der Waals surface area contributed by atoms with E-state index in [0.29, 0.717) is 5.00 Å². The number of benzene rings is 1. The van der Waals surface area contributed by atoms with E-state index in [1.807, 2.05) is 23.6 Å². The van der Waals surface area contributed by atoms with E-state index < -0.39 is 28.6 Å². The number of hydrogen-bond acceptors (Lipinski definition) is 11. The van der Waals surface area contributed by atoms with Gasteiger partial charge in [-0.1, -0.05) is 42.1 Å². The molecule has 3 unspecified atom stereocenters. The Bertz CT molecular complexity index is 1400. The van der Waals surface area contributed by atoms with Crippen molar-refractivity contribution in [2.75, 3.05) is 23.7 Å². The zero-order chi connectivity index (χ0) is 28.4. The number of nitrogens with two attached hydrogens (primary N) is 1. The fourth-order valence-electron chi connectivity index (χ4n) is 4.81. The van der Waals surface area contributed by atoms with Crippen LogP contribution in [0.25, 0.3) is 0 Å². The number of hydrogen-bond donors (Lipinski definition) is 2. The van der Waals surface area contributed by atoms with Crippen LogP contribution in [0.5, 0.6) is 0 Å². The average Bonchev–Trinajstić information content (AvgIpc) is 3.62. The van der Waals surface area contributed by atoms with E-state index in [4.69, 9.17) is 10.6 Å². The fourth-order valence-corrected chi connectivity index (χ4v) is 8.50. The van der Waals surface area contributed by atoms with Gasteiger partial charge >= 0.3 is 11.9 Å². The summed E-state index contributed by atoms with van der Waals surface area (Å²) in [6.45, 7) is 1.28. The number of aliphatic carboxylic acids is 1. The molecule has 15 heteroatoms. The Labute approximate surface area is 241 Å². The van der Waals surface area contributed by atoms with E-state index in [1.54, 1.807) is 24.3 Å². The van der Waals surface area contributed by atoms with Crippen LogP contribution in [0.4, 0.5) is 5.00 Å². The number of nitrogens with zero attached hydrogens (tertiary/aromatic N) is 5. The summed E-state index contributed by atoms with van der Waals surface area (Å²) >= 11 is 3.71. The molecule has 210 valence electrons. The van der Waals surface area contributed by atoms with Crippen LogP contribution < -0.4 is 15.5 Å². The largest absolute Gasteiger partial charge is 0.481 e. The minimum Gasteiger partial charge on any atom is -0.481 e. The van der Waals surface area contributed by atoms with Crippen molar-refractivity contribution in [1.82, 2.24) is 19.8 Å². The number of carboxylic acids is 1. The van der Waals surface area contributed by atoms with Crippen molar-refractivity contribution in [3.63, 3.8) is 0 Å². The molecule has 4 atom stereocenters. The predicted octanol–water partition coefficient (Wildman–Crippen LogP) is 1.36. The summed E-state index contributed by atoms with van der Waals surface area (Å²) in [5.74, 6) is -2.07. The van der Waals surface area contributed by atoms with Crippen LogP contribution in [0, 0.1) is 5.41 Å². The zero-order valence-electron chi connectivity index (χ0n) is 21.3. The van der Waals surface area contributed by atoms with Crippen LogP contribution in [-0.2, 0) is 25.6 Å². The molecule has 2 aliphatic heterocycles. The number of β-lactam (4-membered cyclic amide) rings is 1. The van der Waals surface area contributed by atoms with Gasteiger partial charge < -0.3 is 20.6 Å². The summed E-state index contributed by atoms with van der Waals surface area (Å²) < 4.78 is 1.10. The molecule has 2 saturated heterocycles. The van der Waals surface area contributed by atoms with Crippen molar-refractivity contribution >= 4 is 63.6 Å². The van der Waals surface area contributed by atoms with Crippen molar-refractivity contribution < 1.29 is 29.1 Å². The lowest BCUT2D eigenvalue weighted by Gasteiger charge is -2.57. The average molecular weight is 603 g/mol. The molecule has 5 rings (SSSR count). The summed E-state index contributed by atoms with van der Waals surface area (Å²) in [5, 5.41) is 19.8. The Morgan fingerprint density at radius 1 is 1.27 bits per heavy atom. The Kier molecular flexibility index (Phi) is 8.16. The van der Waals surface area contributed by atoms with Crippen molar-refractivity contribution in [3.8, 4) is 0 Å². The fraction of sp³-hybridized carbons (Fsp3) is 0.360. The third-order valence-electron chi connectivity index (χ3n) is 6.82. The van der Waals surface area contributed by atoms with Gasteiger partial charge in [-0.05, 0) is 23.1 Å². The molecule has 0 saturated carbocycles. The van der Waals surface area contributed by atoms with Gasteiger partial charge in [0.15, 0.2) is 6.33 Å². The van der Waals surface area contributed by atoms with Crippen molar-refractivity contribution in [3.05, 3.63) is 59.7 Å². The number of fused-ring (bicyclic) bond motifs is 1. The second kappa shape index (κ2) is 11.6. The highest BCUT2D eigenvalue weighted by atomic mass is 32.2. The highest BCUT2D eigenvalue weighted by Crippen LogP contribution is 2.49. The topological polar surface area (TPSA) is 161 Å². The summed E-state index contributed by atoms with van der Waals surface area (Å²) in [6.07, 6.45) is 1.25. The number of thiophene rings is 1. The summed E-state index contributed by atoms with van der Waals surface area (Å²) in [6, 6.07) is 12.0. The van der Waals surface area contributed by atoms with Gasteiger partial charge in [0.05, 0.1) is 11.4 Å². The van der Waals surface area contributed by atoms with Gasteiger partial charge in [-0.15, -0.1) is 38.0 Å². The maximum absolute atomic E-state index is 13.3. The molecular weight excluding hydrogens is 577 g/mol. The second-order valence-electron chi connectivity index (χ2n) is 9.32. The number of carbonyl (C=O) groups is 4. The maximum Gasteiger partial charge on any atom is 0.337 e. The molecule has 0 radical (unpaired) electrons. The van der Waals surface area contributed by atoms with Crippen molar-refractivity contribution in [2.24, 2.45) is 11.1 Å². The smallest absolute Gasteiger partial charge is 0.337 e. The molecular formula is C25H26N6O6S3. The predicted molar refractivity (Wildman–Crippen MR) is 150 cm³/mol. The van der Waals surface area contributed by atoms with Gasteiger partial charge in [0.1, 0.15) is 16.8 Å². The SMILES string of the molecule is CC(=O)N(c1cccs1)C1C(=O)N2CC(C(=O)O)(C(CN)Sc3nncn3OC(=O)Cc3ccccc3)CS[C@H]12. The first kappa shape index (κ1) is 28.1. The van der Waals surface area contributed by atoms with E-state index in [0.717, 1.165) is 22.1 Å². The molecule has 0 bridgehead atoms. The van der Waals surface area contributed by atoms with Crippen LogP contribution in [-0.4, -0.2) is 84.2 Å². The van der Waals surface area contributed by atoms with E-state index in [1.165, 1.54) is 46.1 Å². The molecule has 2 aliphatic rings. The Hall–Kier alpha value is -3.40. The van der Waals surface area contributed by atoms with Crippen molar-refractivity contribution in [1.29, 1.82) is 0 Å². The summed E-state index contributed by atoms with van der Waals surface area (Å²) in [4.78, 5) is 59.4. The van der Waals surface area contributed by atoms with Gasteiger partial charge in [-0.25, -0.2) is 4.79 Å². The van der Waals surface area contributed by atoms with Gasteiger partial charge in [0, 0.05) is 31.0 Å². The highest BCUT2D eigenvalue weighted by Gasteiger charge is 2.61. The lowest BCUT2D eigenvalue weighted by molar-refractivity contribution is -0.157. The molecule has 2 aromatic heterocycles. The first-order valence-corrected chi connectivity index (χ1v) is 15.1. The van der Waals surface area contributed by atoms with Gasteiger partial charge in [-0.2, -0.15) is 0 Å². The lowest BCUT2D eigenvalue weighted by atomic mass is 9.83. The maximum atomic E-state index is 13.3. The second-order valence-corrected chi connectivity index (χ2v) is 12.5. The number of rotatable bonds is 10. The standard InChI is InChI=1S/C25H26N6O6S3/c1-15(32)31(18-8-5-9-38-18)20-21(34)29-12-25(23(35)36,13-39-22(20)29)17(11-26)40-24-28-27-14-30(24)37-19(33)10-16-6-3-2-4-7-16/h2-9,14,17,20,22H,10-13,26H2,1H3,(H,35,36)/t17?,20?,22-,25?/m1/s1. The van der Waals surface area contributed by atoms with E-state index in [9.17, 15) is 24.3 Å². The zero-order valence-corrected chi connectivity index (χ0v) is 23.7. The van der Waals surface area contributed by atoms with Crippen LogP contribution in [0.15, 0.2) is 59.3 Å². The quantitative estimate of drug-likeness (QED) is 0.255. The van der Waals surface area contributed by atoms with Gasteiger partial charge in [-0.3, -0.25) is 19.3 Å². The van der Waals surface area contributed by atoms with Crippen molar-refractivity contribution in [2.45, 2.75) is 35.2 Å². The summed E-state index contributed by atoms with van der Waals surface area (Å²) in [7, 11) is 0. The molecule has 2 amide bonds. The minimum absolute atomic E-state index is 0.0293. The monoisotopic (exact) mass is 602 g/mol. The molecule has 12 nitrogen and oxygen atoms in total.